The van der Waals surface area contributed by atoms with Crippen LogP contribution in [0.2, 0.25) is 0 Å². The van der Waals surface area contributed by atoms with E-state index in [-0.39, 0.29) is 35.6 Å². The van der Waals surface area contributed by atoms with E-state index in [9.17, 15) is 19.5 Å². The van der Waals surface area contributed by atoms with Gasteiger partial charge in [-0.2, -0.15) is 0 Å². The Labute approximate surface area is 293 Å². The number of ether oxygens (including phenoxy) is 1. The van der Waals surface area contributed by atoms with Gasteiger partial charge in [-0.25, -0.2) is 9.59 Å². The second-order valence-electron chi connectivity index (χ2n) is 14.6. The van der Waals surface area contributed by atoms with Gasteiger partial charge in [-0.1, -0.05) is 43.6 Å². The van der Waals surface area contributed by atoms with E-state index >= 15 is 0 Å². The van der Waals surface area contributed by atoms with Crippen LogP contribution in [-0.2, 0) is 22.4 Å². The Morgan fingerprint density at radius 1 is 0.979 bits per heavy atom. The zero-order chi connectivity index (χ0) is 34.0. The Balaban J connectivity index is 1.08. The van der Waals surface area contributed by atoms with Crippen LogP contribution in [0.5, 0.6) is 5.75 Å². The summed E-state index contributed by atoms with van der Waals surface area (Å²) >= 11 is 3.34. The van der Waals surface area contributed by atoms with Crippen LogP contribution in [-0.4, -0.2) is 115 Å². The van der Waals surface area contributed by atoms with Gasteiger partial charge < -0.3 is 34.8 Å². The van der Waals surface area contributed by atoms with Crippen LogP contribution in [0, 0.1) is 5.41 Å². The monoisotopic (exact) mass is 719 g/mol. The molecule has 48 heavy (non-hydrogen) atoms. The lowest BCUT2D eigenvalue weighted by Crippen LogP contribution is -2.53. The number of rotatable bonds is 6. The van der Waals surface area contributed by atoms with Crippen molar-refractivity contribution in [2.75, 3.05) is 51.1 Å². The van der Waals surface area contributed by atoms with Crippen molar-refractivity contribution in [1.82, 2.24) is 19.6 Å². The molecule has 1 atom stereocenters. The number of benzene rings is 2. The average Bonchev–Trinajstić information content (AvgIpc) is 3.24. The lowest BCUT2D eigenvalue weighted by atomic mass is 9.82. The van der Waals surface area contributed by atoms with Crippen molar-refractivity contribution in [1.29, 1.82) is 0 Å². The van der Waals surface area contributed by atoms with Crippen molar-refractivity contribution in [2.24, 2.45) is 5.41 Å². The van der Waals surface area contributed by atoms with Gasteiger partial charge in [0.25, 0.3) is 5.91 Å². The zero-order valence-electron chi connectivity index (χ0n) is 28.1. The van der Waals surface area contributed by atoms with Gasteiger partial charge in [0, 0.05) is 56.9 Å². The number of hydrogen-bond donors (Lipinski definition) is 2. The van der Waals surface area contributed by atoms with E-state index in [0.717, 1.165) is 43.6 Å². The Morgan fingerprint density at radius 3 is 2.31 bits per heavy atom. The fourth-order valence-electron chi connectivity index (χ4n) is 7.63. The molecule has 3 fully saturated rings. The third-order valence-electron chi connectivity index (χ3n) is 10.8. The summed E-state index contributed by atoms with van der Waals surface area (Å²) in [5, 5.41) is 13.2. The molecule has 2 N–H and O–H groups in total. The van der Waals surface area contributed by atoms with Gasteiger partial charge in [0.1, 0.15) is 13.6 Å². The highest BCUT2D eigenvalue weighted by Crippen LogP contribution is 2.33. The third kappa shape index (κ3) is 7.96. The molecule has 0 spiro atoms. The normalized spacial score (nSPS) is 21.6. The summed E-state index contributed by atoms with van der Waals surface area (Å²) < 4.78 is 6.44. The number of likely N-dealkylation sites (tertiary alicyclic amines) is 3. The molecule has 2 aromatic carbocycles. The Bertz CT molecular complexity index is 1470. The molecule has 256 valence electrons. The van der Waals surface area contributed by atoms with E-state index < -0.39 is 12.2 Å². The number of halogens is 1. The number of aromatic hydroxyl groups is 1. The lowest BCUT2D eigenvalue weighted by molar-refractivity contribution is -0.142. The molecule has 4 heterocycles. The highest BCUT2D eigenvalue weighted by molar-refractivity contribution is 9.10. The Hall–Kier alpha value is -3.25. The molecular formula is C36H47BBrN5O5. The molecule has 4 aliphatic heterocycles. The number of carbonyl (C=O) groups is 3. The quantitative estimate of drug-likeness (QED) is 0.421. The summed E-state index contributed by atoms with van der Waals surface area (Å²) in [7, 11) is 6.03. The van der Waals surface area contributed by atoms with Gasteiger partial charge in [0.05, 0.1) is 4.47 Å². The van der Waals surface area contributed by atoms with Gasteiger partial charge >= 0.3 is 12.1 Å². The van der Waals surface area contributed by atoms with E-state index in [0.29, 0.717) is 67.1 Å². The van der Waals surface area contributed by atoms with Crippen molar-refractivity contribution < 1.29 is 24.2 Å². The molecule has 2 radical (unpaired) electrons. The minimum Gasteiger partial charge on any atom is -0.507 e. The maximum Gasteiger partial charge on any atom is 0.410 e. The van der Waals surface area contributed by atoms with Crippen LogP contribution in [0.1, 0.15) is 63.5 Å². The largest absolute Gasteiger partial charge is 0.507 e. The molecule has 6 rings (SSSR count). The first kappa shape index (κ1) is 34.6. The number of piperidine rings is 3. The molecule has 0 saturated carbocycles. The maximum absolute atomic E-state index is 14.0. The Kier molecular flexibility index (Phi) is 10.6. The lowest BCUT2D eigenvalue weighted by Gasteiger charge is -2.44. The molecule has 0 aliphatic carbocycles. The standard InChI is InChI=1S/C36H47BBrN5O5/c1-36(2)12-19-40(20-13-36)26-8-14-41(15-9-26)33(45)31(23-24-21-28(37)32(44)29(38)22-24)48-35(47)42-16-10-27(11-17-42)43-18-7-25-5-3-4-6-30(25)39-34(43)46/h3-6,21-22,26-27,31,44H,7-20,23H2,1-2H3,(H,39,46)/t31-/m1/s1. The van der Waals surface area contributed by atoms with Crippen LogP contribution in [0.25, 0.3) is 0 Å². The molecule has 4 aliphatic rings. The summed E-state index contributed by atoms with van der Waals surface area (Å²) in [5.74, 6) is -0.272. The second-order valence-corrected chi connectivity index (χ2v) is 15.5. The molecule has 10 nitrogen and oxygen atoms in total. The van der Waals surface area contributed by atoms with E-state index in [4.69, 9.17) is 12.6 Å². The van der Waals surface area contributed by atoms with E-state index in [1.165, 1.54) is 12.8 Å². The van der Waals surface area contributed by atoms with Crippen molar-refractivity contribution in [3.8, 4) is 5.75 Å². The minimum atomic E-state index is -1.03. The number of nitrogens with zero attached hydrogens (tertiary/aromatic N) is 4. The van der Waals surface area contributed by atoms with Crippen molar-refractivity contribution in [3.05, 3.63) is 52.0 Å². The number of phenols is 1. The summed E-state index contributed by atoms with van der Waals surface area (Å²) in [6.45, 7) is 9.57. The van der Waals surface area contributed by atoms with Crippen molar-refractivity contribution >= 4 is 53.0 Å². The number of amides is 4. The molecular weight excluding hydrogens is 673 g/mol. The molecule has 0 aromatic heterocycles. The molecule has 3 saturated heterocycles. The minimum absolute atomic E-state index is 0.00499. The number of para-hydroxylation sites is 1. The molecule has 12 heteroatoms. The van der Waals surface area contributed by atoms with E-state index in [2.05, 4.69) is 40.0 Å². The third-order valence-corrected chi connectivity index (χ3v) is 11.4. The van der Waals surface area contributed by atoms with E-state index in [1.54, 1.807) is 17.0 Å². The topological polar surface area (TPSA) is 106 Å². The van der Waals surface area contributed by atoms with Gasteiger partial charge in [-0.05, 0) is 103 Å². The van der Waals surface area contributed by atoms with Crippen LogP contribution >= 0.6 is 15.9 Å². The first-order valence-electron chi connectivity index (χ1n) is 17.4. The van der Waals surface area contributed by atoms with Gasteiger partial charge in [-0.3, -0.25) is 4.79 Å². The zero-order valence-corrected chi connectivity index (χ0v) is 29.7. The van der Waals surface area contributed by atoms with Crippen LogP contribution in [0.3, 0.4) is 0 Å². The predicted octanol–water partition coefficient (Wildman–Crippen LogP) is 4.66. The van der Waals surface area contributed by atoms with Crippen LogP contribution in [0.15, 0.2) is 40.9 Å². The number of urea groups is 1. The molecule has 0 unspecified atom stereocenters. The first-order chi connectivity index (χ1) is 23.0. The maximum atomic E-state index is 14.0. The van der Waals surface area contributed by atoms with Crippen molar-refractivity contribution in [3.63, 3.8) is 0 Å². The first-order valence-corrected chi connectivity index (χ1v) is 18.2. The van der Waals surface area contributed by atoms with Gasteiger partial charge in [0.15, 0.2) is 6.10 Å². The summed E-state index contributed by atoms with van der Waals surface area (Å²) in [5.41, 5.74) is 3.22. The fraction of sp³-hybridized carbons (Fsp3) is 0.583. The van der Waals surface area contributed by atoms with Crippen molar-refractivity contribution in [2.45, 2.75) is 83.4 Å². The number of anilines is 1. The number of phenolic OH excluding ortho intramolecular Hbond substituents is 1. The average molecular weight is 721 g/mol. The SMILES string of the molecule is [B]c1cc(C[C@@H](OC(=O)N2CCC(N3CCc4ccccc4NC3=O)CC2)C(=O)N2CCC(N3CCC(C)(C)CC3)CC2)cc(Br)c1O. The summed E-state index contributed by atoms with van der Waals surface area (Å²) in [6.07, 6.45) is 4.76. The summed E-state index contributed by atoms with van der Waals surface area (Å²) in [6, 6.07) is 11.5. The van der Waals surface area contributed by atoms with Gasteiger partial charge in [0.2, 0.25) is 0 Å². The number of nitrogens with one attached hydrogen (secondary N) is 1. The predicted molar refractivity (Wildman–Crippen MR) is 190 cm³/mol. The summed E-state index contributed by atoms with van der Waals surface area (Å²) in [4.78, 5) is 48.6. The molecule has 4 amide bonds. The highest BCUT2D eigenvalue weighted by Gasteiger charge is 2.37. The van der Waals surface area contributed by atoms with Crippen LogP contribution < -0.4 is 10.8 Å². The Morgan fingerprint density at radius 2 is 1.62 bits per heavy atom. The smallest absolute Gasteiger partial charge is 0.410 e. The van der Waals surface area contributed by atoms with Gasteiger partial charge in [-0.15, -0.1) is 0 Å². The van der Waals surface area contributed by atoms with Crippen LogP contribution in [0.4, 0.5) is 15.3 Å². The molecule has 2 aromatic rings. The number of hydrogen-bond acceptors (Lipinski definition) is 6. The molecule has 0 bridgehead atoms. The second kappa shape index (κ2) is 14.7. The van der Waals surface area contributed by atoms with E-state index in [1.807, 2.05) is 34.1 Å². The fourth-order valence-corrected chi connectivity index (χ4v) is 8.16. The number of fused-ring (bicyclic) bond motifs is 1. The number of carbonyl (C=O) groups excluding carboxylic acids is 3. The highest BCUT2D eigenvalue weighted by atomic mass is 79.9.